The summed E-state index contributed by atoms with van der Waals surface area (Å²) in [5.74, 6) is -1.85. The van der Waals surface area contributed by atoms with Gasteiger partial charge in [-0.25, -0.2) is 9.59 Å². The highest BCUT2D eigenvalue weighted by atomic mass is 16.4. The number of nitrogens with zero attached hydrogens (tertiary/aromatic N) is 1. The fourth-order valence-electron chi connectivity index (χ4n) is 2.00. The summed E-state index contributed by atoms with van der Waals surface area (Å²) < 4.78 is 0. The number of aliphatic carboxylic acids is 1. The Bertz CT molecular complexity index is 385. The van der Waals surface area contributed by atoms with Crippen LogP contribution in [0.15, 0.2) is 0 Å². The summed E-state index contributed by atoms with van der Waals surface area (Å²) in [6, 6.07) is -0.460. The topological polar surface area (TPSA) is 113 Å². The number of nitrogens with two attached hydrogens (primary N) is 1. The van der Waals surface area contributed by atoms with Crippen LogP contribution in [0.1, 0.15) is 33.1 Å². The number of primary amides is 1. The number of carboxylic acids is 1. The van der Waals surface area contributed by atoms with E-state index in [1.165, 1.54) is 11.8 Å². The molecule has 0 aromatic carbocycles. The predicted molar refractivity (Wildman–Crippen MR) is 68.4 cm³/mol. The SMILES string of the molecule is CCC(C)(NC(=O)N1CCCC(C(N)=O)C1)C(=O)O. The quantitative estimate of drug-likeness (QED) is 0.675. The summed E-state index contributed by atoms with van der Waals surface area (Å²) in [6.07, 6.45) is 1.64. The summed E-state index contributed by atoms with van der Waals surface area (Å²) >= 11 is 0. The number of carbonyl (C=O) groups excluding carboxylic acids is 2. The molecular weight excluding hydrogens is 250 g/mol. The van der Waals surface area contributed by atoms with Gasteiger partial charge in [-0.2, -0.15) is 0 Å². The van der Waals surface area contributed by atoms with Crippen molar-refractivity contribution in [1.82, 2.24) is 10.2 Å². The Kier molecular flexibility index (Phi) is 4.74. The molecule has 0 aliphatic carbocycles. The lowest BCUT2D eigenvalue weighted by Crippen LogP contribution is -2.57. The summed E-state index contributed by atoms with van der Waals surface area (Å²) in [5, 5.41) is 11.6. The zero-order chi connectivity index (χ0) is 14.6. The van der Waals surface area contributed by atoms with Crippen molar-refractivity contribution < 1.29 is 19.5 Å². The lowest BCUT2D eigenvalue weighted by Gasteiger charge is -2.34. The average molecular weight is 271 g/mol. The molecule has 3 amide bonds. The third-order valence-electron chi connectivity index (χ3n) is 3.67. The van der Waals surface area contributed by atoms with Gasteiger partial charge in [0.1, 0.15) is 5.54 Å². The fraction of sp³-hybridized carbons (Fsp3) is 0.750. The summed E-state index contributed by atoms with van der Waals surface area (Å²) in [4.78, 5) is 35.8. The largest absolute Gasteiger partial charge is 0.480 e. The molecule has 1 heterocycles. The Morgan fingerprint density at radius 1 is 1.47 bits per heavy atom. The van der Waals surface area contributed by atoms with Crippen LogP contribution in [0.4, 0.5) is 4.79 Å². The first-order chi connectivity index (χ1) is 8.80. The van der Waals surface area contributed by atoms with Gasteiger partial charge in [-0.3, -0.25) is 4.79 Å². The van der Waals surface area contributed by atoms with E-state index in [4.69, 9.17) is 10.8 Å². The first kappa shape index (κ1) is 15.3. The number of urea groups is 1. The molecule has 0 aromatic heterocycles. The highest BCUT2D eigenvalue weighted by Crippen LogP contribution is 2.17. The zero-order valence-electron chi connectivity index (χ0n) is 11.3. The molecule has 4 N–H and O–H groups in total. The molecule has 0 spiro atoms. The second-order valence-electron chi connectivity index (χ2n) is 5.11. The number of likely N-dealkylation sites (tertiary alicyclic amines) is 1. The van der Waals surface area contributed by atoms with Crippen LogP contribution in [0.3, 0.4) is 0 Å². The summed E-state index contributed by atoms with van der Waals surface area (Å²) in [7, 11) is 0. The lowest BCUT2D eigenvalue weighted by atomic mass is 9.97. The number of hydrogen-bond donors (Lipinski definition) is 3. The molecule has 7 nitrogen and oxygen atoms in total. The molecule has 2 atom stereocenters. The van der Waals surface area contributed by atoms with Crippen LogP contribution in [-0.4, -0.2) is 46.5 Å². The minimum absolute atomic E-state index is 0.251. The van der Waals surface area contributed by atoms with E-state index in [9.17, 15) is 14.4 Å². The monoisotopic (exact) mass is 271 g/mol. The molecule has 108 valence electrons. The maximum atomic E-state index is 12.0. The predicted octanol–water partition coefficient (Wildman–Crippen LogP) is 0.147. The van der Waals surface area contributed by atoms with Gasteiger partial charge in [0, 0.05) is 13.1 Å². The highest BCUT2D eigenvalue weighted by molar-refractivity contribution is 5.86. The van der Waals surface area contributed by atoms with E-state index in [1.54, 1.807) is 6.92 Å². The van der Waals surface area contributed by atoms with Crippen LogP contribution in [0.5, 0.6) is 0 Å². The highest BCUT2D eigenvalue weighted by Gasteiger charge is 2.35. The van der Waals surface area contributed by atoms with Gasteiger partial charge in [0.05, 0.1) is 5.92 Å². The van der Waals surface area contributed by atoms with E-state index >= 15 is 0 Å². The molecule has 1 aliphatic rings. The van der Waals surface area contributed by atoms with Crippen molar-refractivity contribution in [3.63, 3.8) is 0 Å². The van der Waals surface area contributed by atoms with E-state index in [-0.39, 0.29) is 18.9 Å². The summed E-state index contributed by atoms with van der Waals surface area (Å²) in [5.41, 5.74) is 3.94. The minimum Gasteiger partial charge on any atom is -0.480 e. The van der Waals surface area contributed by atoms with Crippen LogP contribution >= 0.6 is 0 Å². The molecule has 0 aromatic rings. The molecule has 1 rings (SSSR count). The first-order valence-corrected chi connectivity index (χ1v) is 6.40. The number of piperidine rings is 1. The molecule has 0 bridgehead atoms. The Hall–Kier alpha value is -1.79. The Morgan fingerprint density at radius 2 is 2.11 bits per heavy atom. The molecule has 7 heteroatoms. The second kappa shape index (κ2) is 5.90. The van der Waals surface area contributed by atoms with Gasteiger partial charge in [0.2, 0.25) is 5.91 Å². The molecule has 1 saturated heterocycles. The number of nitrogens with one attached hydrogen (secondary N) is 1. The van der Waals surface area contributed by atoms with Crippen LogP contribution < -0.4 is 11.1 Å². The maximum Gasteiger partial charge on any atom is 0.329 e. The number of amides is 3. The Balaban J connectivity index is 2.67. The van der Waals surface area contributed by atoms with Gasteiger partial charge in [-0.05, 0) is 26.2 Å². The van der Waals surface area contributed by atoms with Crippen LogP contribution in [0.25, 0.3) is 0 Å². The average Bonchev–Trinajstić information content (AvgIpc) is 2.38. The summed E-state index contributed by atoms with van der Waals surface area (Å²) in [6.45, 7) is 3.91. The van der Waals surface area contributed by atoms with E-state index in [2.05, 4.69) is 5.32 Å². The number of rotatable bonds is 4. The van der Waals surface area contributed by atoms with Crippen molar-refractivity contribution in [3.05, 3.63) is 0 Å². The fourth-order valence-corrected chi connectivity index (χ4v) is 2.00. The number of carboxylic acid groups (broad SMARTS) is 1. The molecule has 19 heavy (non-hydrogen) atoms. The molecular formula is C12H21N3O4. The molecule has 0 radical (unpaired) electrons. The third kappa shape index (κ3) is 3.59. The zero-order valence-corrected chi connectivity index (χ0v) is 11.3. The molecule has 1 aliphatic heterocycles. The van der Waals surface area contributed by atoms with Crippen LogP contribution in [0.2, 0.25) is 0 Å². The van der Waals surface area contributed by atoms with Gasteiger partial charge in [0.25, 0.3) is 0 Å². The number of carbonyl (C=O) groups is 3. The van der Waals surface area contributed by atoms with Gasteiger partial charge >= 0.3 is 12.0 Å². The van der Waals surface area contributed by atoms with Gasteiger partial charge in [0.15, 0.2) is 0 Å². The molecule has 2 unspecified atom stereocenters. The van der Waals surface area contributed by atoms with Crippen LogP contribution in [0, 0.1) is 5.92 Å². The standard InChI is InChI=1S/C12H21N3O4/c1-3-12(2,10(17)18)14-11(19)15-6-4-5-8(7-15)9(13)16/h8H,3-7H2,1-2H3,(H2,13,16)(H,14,19)(H,17,18). The molecule has 1 fully saturated rings. The second-order valence-corrected chi connectivity index (χ2v) is 5.11. The van der Waals surface area contributed by atoms with E-state index < -0.39 is 23.4 Å². The Labute approximate surface area is 112 Å². The van der Waals surface area contributed by atoms with E-state index in [0.717, 1.165) is 0 Å². The normalized spacial score (nSPS) is 22.4. The van der Waals surface area contributed by atoms with Crippen molar-refractivity contribution in [2.75, 3.05) is 13.1 Å². The first-order valence-electron chi connectivity index (χ1n) is 6.40. The van der Waals surface area contributed by atoms with Crippen LogP contribution in [-0.2, 0) is 9.59 Å². The maximum absolute atomic E-state index is 12.0. The smallest absolute Gasteiger partial charge is 0.329 e. The van der Waals surface area contributed by atoms with Crippen molar-refractivity contribution >= 4 is 17.9 Å². The van der Waals surface area contributed by atoms with E-state index in [0.29, 0.717) is 19.4 Å². The van der Waals surface area contributed by atoms with Crippen molar-refractivity contribution in [2.45, 2.75) is 38.6 Å². The Morgan fingerprint density at radius 3 is 2.58 bits per heavy atom. The van der Waals surface area contributed by atoms with E-state index in [1.807, 2.05) is 0 Å². The van der Waals surface area contributed by atoms with Gasteiger partial charge in [-0.15, -0.1) is 0 Å². The minimum atomic E-state index is -1.29. The lowest BCUT2D eigenvalue weighted by molar-refractivity contribution is -0.144. The van der Waals surface area contributed by atoms with Gasteiger partial charge in [-0.1, -0.05) is 6.92 Å². The molecule has 0 saturated carbocycles. The van der Waals surface area contributed by atoms with Gasteiger partial charge < -0.3 is 21.1 Å². The third-order valence-corrected chi connectivity index (χ3v) is 3.67. The number of hydrogen-bond acceptors (Lipinski definition) is 3. The van der Waals surface area contributed by atoms with Crippen molar-refractivity contribution in [3.8, 4) is 0 Å². The van der Waals surface area contributed by atoms with Crippen molar-refractivity contribution in [2.24, 2.45) is 11.7 Å². The van der Waals surface area contributed by atoms with Crippen molar-refractivity contribution in [1.29, 1.82) is 0 Å².